The van der Waals surface area contributed by atoms with Gasteiger partial charge in [0, 0.05) is 17.3 Å². The van der Waals surface area contributed by atoms with Gasteiger partial charge in [-0.2, -0.15) is 0 Å². The van der Waals surface area contributed by atoms with E-state index in [1.807, 2.05) is 6.07 Å². The number of aliphatic carboxylic acids is 1. The van der Waals surface area contributed by atoms with Crippen molar-refractivity contribution in [1.82, 2.24) is 20.2 Å². The number of allylic oxidation sites excluding steroid dienone is 1. The minimum Gasteiger partial charge on any atom is -0.477 e. The summed E-state index contributed by atoms with van der Waals surface area (Å²) < 4.78 is 0. The molecular formula is C20H18N6O5S2. The molecule has 33 heavy (non-hydrogen) atoms. The molecule has 4 rings (SSSR count). The number of aromatic nitrogens is 2. The zero-order chi connectivity index (χ0) is 23.5. The lowest BCUT2D eigenvalue weighted by Gasteiger charge is -2.49. The molecule has 11 nitrogen and oxygen atoms in total. The Bertz CT molecular complexity index is 1190. The molecule has 4 heterocycles. The van der Waals surface area contributed by atoms with Crippen LogP contribution in [0.2, 0.25) is 0 Å². The highest BCUT2D eigenvalue weighted by molar-refractivity contribution is 8.00. The molecule has 2 aliphatic heterocycles. The van der Waals surface area contributed by atoms with Gasteiger partial charge in [0.2, 0.25) is 0 Å². The summed E-state index contributed by atoms with van der Waals surface area (Å²) in [6.07, 6.45) is 4.96. The van der Waals surface area contributed by atoms with Crippen molar-refractivity contribution < 1.29 is 24.3 Å². The number of carbonyl (C=O) groups is 3. The van der Waals surface area contributed by atoms with Crippen LogP contribution in [0.15, 0.2) is 52.3 Å². The normalized spacial score (nSPS) is 20.5. The van der Waals surface area contributed by atoms with Crippen molar-refractivity contribution in [2.24, 2.45) is 5.16 Å². The summed E-state index contributed by atoms with van der Waals surface area (Å²) in [6.45, 7) is 0. The Hall–Kier alpha value is -3.71. The number of nitrogens with one attached hydrogen (secondary N) is 1. The van der Waals surface area contributed by atoms with Crippen molar-refractivity contribution in [2.75, 3.05) is 18.6 Å². The Balaban J connectivity index is 1.53. The SMILES string of the molecule is CO/N=C(/C(=O)NC1C(=O)N2C(C(=O)O)=C(/C=C/c3ccccn3)CS[C@H]12)c1csc(N)n1. The number of thiazole rings is 1. The lowest BCUT2D eigenvalue weighted by atomic mass is 10.0. The van der Waals surface area contributed by atoms with Crippen LogP contribution in [0.3, 0.4) is 0 Å². The Kier molecular flexibility index (Phi) is 6.42. The van der Waals surface area contributed by atoms with E-state index >= 15 is 0 Å². The van der Waals surface area contributed by atoms with Crippen LogP contribution in [0.25, 0.3) is 6.08 Å². The number of carbonyl (C=O) groups excluding carboxylic acids is 2. The topological polar surface area (TPSA) is 160 Å². The first kappa shape index (κ1) is 22.5. The van der Waals surface area contributed by atoms with Crippen molar-refractivity contribution in [3.05, 3.63) is 58.5 Å². The van der Waals surface area contributed by atoms with Gasteiger partial charge in [0.25, 0.3) is 11.8 Å². The van der Waals surface area contributed by atoms with Gasteiger partial charge in [0.15, 0.2) is 10.8 Å². The number of carboxylic acid groups (broad SMARTS) is 1. The molecule has 2 aromatic rings. The van der Waals surface area contributed by atoms with Crippen molar-refractivity contribution in [2.45, 2.75) is 11.4 Å². The second-order valence-electron chi connectivity index (χ2n) is 6.82. The second kappa shape index (κ2) is 9.42. The molecule has 1 fully saturated rings. The third-order valence-electron chi connectivity index (χ3n) is 4.79. The van der Waals surface area contributed by atoms with Gasteiger partial charge < -0.3 is 21.0 Å². The molecule has 1 unspecified atom stereocenters. The Morgan fingerprint density at radius 1 is 1.39 bits per heavy atom. The first-order valence-corrected chi connectivity index (χ1v) is 11.5. The zero-order valence-electron chi connectivity index (χ0n) is 17.2. The van der Waals surface area contributed by atoms with E-state index in [-0.39, 0.29) is 22.2 Å². The van der Waals surface area contributed by atoms with Gasteiger partial charge >= 0.3 is 5.97 Å². The van der Waals surface area contributed by atoms with Crippen LogP contribution >= 0.6 is 23.1 Å². The van der Waals surface area contributed by atoms with Crippen molar-refractivity contribution in [1.29, 1.82) is 0 Å². The molecule has 13 heteroatoms. The van der Waals surface area contributed by atoms with E-state index in [1.165, 1.54) is 23.8 Å². The molecule has 170 valence electrons. The number of amides is 2. The third kappa shape index (κ3) is 4.45. The van der Waals surface area contributed by atoms with E-state index in [9.17, 15) is 19.5 Å². The summed E-state index contributed by atoms with van der Waals surface area (Å²) in [5, 5.41) is 17.3. The molecule has 1 saturated heterocycles. The largest absolute Gasteiger partial charge is 0.477 e. The van der Waals surface area contributed by atoms with Crippen molar-refractivity contribution >= 4 is 57.8 Å². The summed E-state index contributed by atoms with van der Waals surface area (Å²) >= 11 is 2.48. The van der Waals surface area contributed by atoms with Gasteiger partial charge in [-0.1, -0.05) is 17.3 Å². The van der Waals surface area contributed by atoms with Crippen LogP contribution in [0.5, 0.6) is 0 Å². The summed E-state index contributed by atoms with van der Waals surface area (Å²) in [7, 11) is 1.28. The fourth-order valence-corrected chi connectivity index (χ4v) is 5.20. The third-order valence-corrected chi connectivity index (χ3v) is 6.77. The van der Waals surface area contributed by atoms with E-state index in [2.05, 4.69) is 20.4 Å². The number of carboxylic acids is 1. The standard InChI is InChI=1S/C20H18N6O5S2/c1-31-25-13(12-9-33-20(21)23-12)16(27)24-14-17(28)26-15(19(29)30)10(8-32-18(14)26)5-6-11-4-2-3-7-22-11/h2-7,9,14,18H,8H2,1H3,(H2,21,23)(H,24,27)(H,29,30)/b6-5+,25-13+/t14?,18-/m1/s1. The average molecular weight is 487 g/mol. The highest BCUT2D eigenvalue weighted by Gasteiger charge is 2.54. The molecule has 0 aromatic carbocycles. The summed E-state index contributed by atoms with van der Waals surface area (Å²) in [5.41, 5.74) is 6.73. The van der Waals surface area contributed by atoms with E-state index in [0.717, 1.165) is 11.3 Å². The van der Waals surface area contributed by atoms with Gasteiger partial charge in [-0.05, 0) is 23.8 Å². The van der Waals surface area contributed by atoms with E-state index in [1.54, 1.807) is 35.9 Å². The number of nitrogens with two attached hydrogens (primary N) is 1. The number of pyridine rings is 1. The lowest BCUT2D eigenvalue weighted by Crippen LogP contribution is -2.71. The highest BCUT2D eigenvalue weighted by Crippen LogP contribution is 2.40. The molecule has 0 bridgehead atoms. The second-order valence-corrected chi connectivity index (χ2v) is 8.82. The molecule has 0 aliphatic carbocycles. The fraction of sp³-hybridized carbons (Fsp3) is 0.200. The lowest BCUT2D eigenvalue weighted by molar-refractivity contribution is -0.150. The molecule has 0 saturated carbocycles. The van der Waals surface area contributed by atoms with Crippen LogP contribution in [0, 0.1) is 0 Å². The summed E-state index contributed by atoms with van der Waals surface area (Å²) in [4.78, 5) is 51.7. The molecule has 2 aliphatic rings. The van der Waals surface area contributed by atoms with Crippen LogP contribution in [0.4, 0.5) is 5.13 Å². The zero-order valence-corrected chi connectivity index (χ0v) is 18.8. The molecule has 2 aromatic heterocycles. The average Bonchev–Trinajstić information content (AvgIpc) is 3.25. The predicted molar refractivity (Wildman–Crippen MR) is 123 cm³/mol. The van der Waals surface area contributed by atoms with Crippen LogP contribution in [-0.2, 0) is 19.2 Å². The molecule has 0 radical (unpaired) electrons. The quantitative estimate of drug-likeness (QED) is 0.294. The molecule has 2 atom stereocenters. The molecule has 2 amide bonds. The maximum absolute atomic E-state index is 12.8. The minimum absolute atomic E-state index is 0.112. The molecule has 0 spiro atoms. The maximum atomic E-state index is 12.8. The Labute approximate surface area is 196 Å². The van der Waals surface area contributed by atoms with E-state index in [0.29, 0.717) is 17.0 Å². The van der Waals surface area contributed by atoms with Gasteiger partial charge in [-0.3, -0.25) is 19.5 Å². The number of rotatable bonds is 7. The van der Waals surface area contributed by atoms with Crippen LogP contribution in [-0.4, -0.2) is 67.7 Å². The van der Waals surface area contributed by atoms with Gasteiger partial charge in [0.1, 0.15) is 29.9 Å². The van der Waals surface area contributed by atoms with Gasteiger partial charge in [-0.15, -0.1) is 23.1 Å². The van der Waals surface area contributed by atoms with Crippen molar-refractivity contribution in [3.8, 4) is 0 Å². The Morgan fingerprint density at radius 3 is 2.85 bits per heavy atom. The number of oxime groups is 1. The highest BCUT2D eigenvalue weighted by atomic mass is 32.2. The van der Waals surface area contributed by atoms with Crippen LogP contribution in [0.1, 0.15) is 11.4 Å². The number of nitrogens with zero attached hydrogens (tertiary/aromatic N) is 4. The number of fused-ring (bicyclic) bond motifs is 1. The van der Waals surface area contributed by atoms with Crippen LogP contribution < -0.4 is 11.1 Å². The monoisotopic (exact) mass is 486 g/mol. The Morgan fingerprint density at radius 2 is 2.21 bits per heavy atom. The van der Waals surface area contributed by atoms with E-state index in [4.69, 9.17) is 10.6 Å². The number of thioether (sulfide) groups is 1. The maximum Gasteiger partial charge on any atom is 0.352 e. The first-order chi connectivity index (χ1) is 15.9. The van der Waals surface area contributed by atoms with Gasteiger partial charge in [-0.25, -0.2) is 9.78 Å². The predicted octanol–water partition coefficient (Wildman–Crippen LogP) is 0.923. The number of hydrogen-bond donors (Lipinski definition) is 3. The number of hydrogen-bond acceptors (Lipinski definition) is 10. The number of β-lactam (4-membered cyclic amide) rings is 1. The van der Waals surface area contributed by atoms with E-state index < -0.39 is 29.2 Å². The number of anilines is 1. The summed E-state index contributed by atoms with van der Waals surface area (Å²) in [5.74, 6) is -2.09. The molecular weight excluding hydrogens is 468 g/mol. The summed E-state index contributed by atoms with van der Waals surface area (Å²) in [6, 6.07) is 4.46. The molecule has 4 N–H and O–H groups in total. The minimum atomic E-state index is -1.22. The number of nitrogen functional groups attached to an aromatic ring is 1. The van der Waals surface area contributed by atoms with Crippen molar-refractivity contribution in [3.63, 3.8) is 0 Å². The first-order valence-electron chi connectivity index (χ1n) is 9.54. The van der Waals surface area contributed by atoms with Gasteiger partial charge in [0.05, 0.1) is 5.69 Å². The smallest absolute Gasteiger partial charge is 0.352 e. The fourth-order valence-electron chi connectivity index (χ4n) is 3.33.